The van der Waals surface area contributed by atoms with Gasteiger partial charge in [-0.2, -0.15) is 0 Å². The molecule has 1 atom stereocenters. The van der Waals surface area contributed by atoms with Crippen LogP contribution in [0.4, 0.5) is 0 Å². The molecule has 0 saturated carbocycles. The summed E-state index contributed by atoms with van der Waals surface area (Å²) in [6.45, 7) is 6.39. The molecule has 0 aliphatic carbocycles. The second-order valence-corrected chi connectivity index (χ2v) is 4.55. The first-order chi connectivity index (χ1) is 8.16. The number of carbonyl (C=O) groups is 1. The van der Waals surface area contributed by atoms with Crippen LogP contribution in [-0.2, 0) is 0 Å². The SMILES string of the molecule is Cc1nc(C)c(C(=O)NCCC2CCNC2)o1.Cl. The summed E-state index contributed by atoms with van der Waals surface area (Å²) in [4.78, 5) is 15.9. The van der Waals surface area contributed by atoms with Crippen molar-refractivity contribution in [1.29, 1.82) is 0 Å². The number of hydrogen-bond acceptors (Lipinski definition) is 4. The highest BCUT2D eigenvalue weighted by atomic mass is 35.5. The van der Waals surface area contributed by atoms with Crippen LogP contribution >= 0.6 is 12.4 Å². The number of amides is 1. The number of nitrogens with zero attached hydrogens (tertiary/aromatic N) is 1. The maximum Gasteiger partial charge on any atom is 0.289 e. The van der Waals surface area contributed by atoms with E-state index in [1.54, 1.807) is 13.8 Å². The third kappa shape index (κ3) is 3.71. The van der Waals surface area contributed by atoms with Gasteiger partial charge < -0.3 is 15.1 Å². The van der Waals surface area contributed by atoms with Gasteiger partial charge in [0.2, 0.25) is 5.76 Å². The van der Waals surface area contributed by atoms with E-state index in [1.807, 2.05) is 0 Å². The zero-order chi connectivity index (χ0) is 12.3. The minimum atomic E-state index is -0.158. The van der Waals surface area contributed by atoms with Crippen molar-refractivity contribution in [1.82, 2.24) is 15.6 Å². The van der Waals surface area contributed by atoms with Gasteiger partial charge in [-0.3, -0.25) is 4.79 Å². The van der Waals surface area contributed by atoms with Gasteiger partial charge in [-0.15, -0.1) is 12.4 Å². The normalized spacial score (nSPS) is 18.4. The maximum absolute atomic E-state index is 11.8. The highest BCUT2D eigenvalue weighted by Crippen LogP contribution is 2.12. The van der Waals surface area contributed by atoms with E-state index >= 15 is 0 Å². The fourth-order valence-corrected chi connectivity index (χ4v) is 2.17. The number of oxazole rings is 1. The van der Waals surface area contributed by atoms with Crippen LogP contribution in [-0.4, -0.2) is 30.5 Å². The number of nitrogens with one attached hydrogen (secondary N) is 2. The van der Waals surface area contributed by atoms with Crippen molar-refractivity contribution in [2.45, 2.75) is 26.7 Å². The van der Waals surface area contributed by atoms with Crippen molar-refractivity contribution in [2.24, 2.45) is 5.92 Å². The molecule has 0 spiro atoms. The van der Waals surface area contributed by atoms with Gasteiger partial charge in [0.15, 0.2) is 5.89 Å². The molecule has 0 radical (unpaired) electrons. The number of hydrogen-bond donors (Lipinski definition) is 2. The Labute approximate surface area is 113 Å². The van der Waals surface area contributed by atoms with E-state index in [1.165, 1.54) is 6.42 Å². The number of aryl methyl sites for hydroxylation is 2. The van der Waals surface area contributed by atoms with Gasteiger partial charge in [-0.1, -0.05) is 0 Å². The first-order valence-corrected chi connectivity index (χ1v) is 6.09. The summed E-state index contributed by atoms with van der Waals surface area (Å²) < 4.78 is 5.26. The molecule has 1 unspecified atom stereocenters. The van der Waals surface area contributed by atoms with Crippen LogP contribution in [0.3, 0.4) is 0 Å². The zero-order valence-corrected chi connectivity index (χ0v) is 11.6. The smallest absolute Gasteiger partial charge is 0.289 e. The molecule has 5 nitrogen and oxygen atoms in total. The second-order valence-electron chi connectivity index (χ2n) is 4.55. The van der Waals surface area contributed by atoms with Gasteiger partial charge in [-0.05, 0) is 38.8 Å². The molecule has 6 heteroatoms. The molecule has 0 bridgehead atoms. The highest BCUT2D eigenvalue weighted by molar-refractivity contribution is 5.92. The third-order valence-corrected chi connectivity index (χ3v) is 3.11. The van der Waals surface area contributed by atoms with Crippen molar-refractivity contribution < 1.29 is 9.21 Å². The van der Waals surface area contributed by atoms with E-state index in [9.17, 15) is 4.79 Å². The van der Waals surface area contributed by atoms with E-state index in [0.29, 0.717) is 29.8 Å². The van der Waals surface area contributed by atoms with Crippen molar-refractivity contribution in [3.8, 4) is 0 Å². The fraction of sp³-hybridized carbons (Fsp3) is 0.667. The molecule has 1 amide bonds. The summed E-state index contributed by atoms with van der Waals surface area (Å²) in [5.41, 5.74) is 0.655. The molecule has 1 saturated heterocycles. The molecule has 2 N–H and O–H groups in total. The summed E-state index contributed by atoms with van der Waals surface area (Å²) in [6.07, 6.45) is 2.22. The lowest BCUT2D eigenvalue weighted by atomic mass is 10.1. The van der Waals surface area contributed by atoms with E-state index in [4.69, 9.17) is 4.42 Å². The molecule has 1 aliphatic heterocycles. The van der Waals surface area contributed by atoms with Crippen LogP contribution in [0.5, 0.6) is 0 Å². The molecule has 0 aromatic carbocycles. The molecule has 1 aromatic heterocycles. The van der Waals surface area contributed by atoms with Crippen molar-refractivity contribution in [3.63, 3.8) is 0 Å². The highest BCUT2D eigenvalue weighted by Gasteiger charge is 2.17. The molecule has 1 fully saturated rings. The molecule has 18 heavy (non-hydrogen) atoms. The average Bonchev–Trinajstić information content (AvgIpc) is 2.88. The standard InChI is InChI=1S/C12H19N3O2.ClH/c1-8-11(17-9(2)15-8)12(16)14-6-4-10-3-5-13-7-10;/h10,13H,3-7H2,1-2H3,(H,14,16);1H. The van der Waals surface area contributed by atoms with Gasteiger partial charge in [-0.25, -0.2) is 4.98 Å². The van der Waals surface area contributed by atoms with Gasteiger partial charge in [0, 0.05) is 13.5 Å². The van der Waals surface area contributed by atoms with Crippen molar-refractivity contribution in [3.05, 3.63) is 17.3 Å². The van der Waals surface area contributed by atoms with Gasteiger partial charge in [0.05, 0.1) is 5.69 Å². The van der Waals surface area contributed by atoms with E-state index in [2.05, 4.69) is 15.6 Å². The van der Waals surface area contributed by atoms with Gasteiger partial charge in [0.1, 0.15) is 0 Å². The Morgan fingerprint density at radius 1 is 1.56 bits per heavy atom. The van der Waals surface area contributed by atoms with Gasteiger partial charge >= 0.3 is 0 Å². The predicted molar refractivity (Wildman–Crippen MR) is 71.2 cm³/mol. The van der Waals surface area contributed by atoms with Gasteiger partial charge in [0.25, 0.3) is 5.91 Å². The average molecular weight is 274 g/mol. The summed E-state index contributed by atoms with van der Waals surface area (Å²) in [5.74, 6) is 1.40. The lowest BCUT2D eigenvalue weighted by Gasteiger charge is -2.08. The topological polar surface area (TPSA) is 67.2 Å². The van der Waals surface area contributed by atoms with E-state index < -0.39 is 0 Å². The summed E-state index contributed by atoms with van der Waals surface area (Å²) in [6, 6.07) is 0. The monoisotopic (exact) mass is 273 g/mol. The molecule has 2 heterocycles. The van der Waals surface area contributed by atoms with Crippen molar-refractivity contribution in [2.75, 3.05) is 19.6 Å². The Bertz CT molecular complexity index is 400. The number of aromatic nitrogens is 1. The lowest BCUT2D eigenvalue weighted by Crippen LogP contribution is -2.26. The van der Waals surface area contributed by atoms with Crippen LogP contribution in [0.1, 0.15) is 35.0 Å². The van der Waals surface area contributed by atoms with E-state index in [0.717, 1.165) is 19.5 Å². The Balaban J connectivity index is 0.00000162. The third-order valence-electron chi connectivity index (χ3n) is 3.11. The van der Waals surface area contributed by atoms with E-state index in [-0.39, 0.29) is 18.3 Å². The summed E-state index contributed by atoms with van der Waals surface area (Å²) in [5, 5.41) is 6.19. The lowest BCUT2D eigenvalue weighted by molar-refractivity contribution is 0.0922. The second kappa shape index (κ2) is 6.75. The number of halogens is 1. The predicted octanol–water partition coefficient (Wildman–Crippen LogP) is 1.44. The molecular formula is C12H20ClN3O2. The summed E-state index contributed by atoms with van der Waals surface area (Å²) in [7, 11) is 0. The molecule has 2 rings (SSSR count). The Kier molecular flexibility index (Phi) is 5.62. The molecular weight excluding hydrogens is 254 g/mol. The van der Waals surface area contributed by atoms with Crippen LogP contribution < -0.4 is 10.6 Å². The Hall–Kier alpha value is -1.07. The molecule has 1 aliphatic rings. The molecule has 1 aromatic rings. The summed E-state index contributed by atoms with van der Waals surface area (Å²) >= 11 is 0. The maximum atomic E-state index is 11.8. The zero-order valence-electron chi connectivity index (χ0n) is 10.8. The van der Waals surface area contributed by atoms with Crippen molar-refractivity contribution >= 4 is 18.3 Å². The first-order valence-electron chi connectivity index (χ1n) is 6.09. The van der Waals surface area contributed by atoms with Crippen LogP contribution in [0.2, 0.25) is 0 Å². The fourth-order valence-electron chi connectivity index (χ4n) is 2.17. The van der Waals surface area contributed by atoms with Crippen LogP contribution in [0.15, 0.2) is 4.42 Å². The van der Waals surface area contributed by atoms with Crippen LogP contribution in [0.25, 0.3) is 0 Å². The first kappa shape index (κ1) is 15.0. The molecule has 102 valence electrons. The Morgan fingerprint density at radius 3 is 2.89 bits per heavy atom. The number of rotatable bonds is 4. The largest absolute Gasteiger partial charge is 0.436 e. The number of carbonyl (C=O) groups excluding carboxylic acids is 1. The quantitative estimate of drug-likeness (QED) is 0.871. The minimum absolute atomic E-state index is 0. The Morgan fingerprint density at radius 2 is 2.33 bits per heavy atom. The van der Waals surface area contributed by atoms with Crippen LogP contribution in [0, 0.1) is 19.8 Å². The minimum Gasteiger partial charge on any atom is -0.436 e.